The molecule has 0 spiro atoms. The van der Waals surface area contributed by atoms with Crippen molar-refractivity contribution in [1.29, 1.82) is 0 Å². The molecule has 1 aliphatic heterocycles. The summed E-state index contributed by atoms with van der Waals surface area (Å²) in [7, 11) is 0. The Morgan fingerprint density at radius 1 is 1.28 bits per heavy atom. The molecule has 3 heterocycles. The molecule has 1 unspecified atom stereocenters. The molecule has 1 fully saturated rings. The molecule has 0 radical (unpaired) electrons. The van der Waals surface area contributed by atoms with E-state index in [2.05, 4.69) is 15.1 Å². The zero-order chi connectivity index (χ0) is 17.8. The number of aryl methyl sites for hydroxylation is 4. The molecule has 1 aliphatic rings. The van der Waals surface area contributed by atoms with Crippen molar-refractivity contribution in [3.8, 4) is 0 Å². The molecule has 0 aromatic carbocycles. The van der Waals surface area contributed by atoms with Gasteiger partial charge in [-0.05, 0) is 33.6 Å². The van der Waals surface area contributed by atoms with E-state index in [0.29, 0.717) is 25.3 Å². The molecule has 7 heteroatoms. The maximum atomic E-state index is 13.0. The number of aromatic nitrogens is 4. The van der Waals surface area contributed by atoms with Crippen LogP contribution in [0.3, 0.4) is 0 Å². The largest absolute Gasteiger partial charge is 0.377 e. The summed E-state index contributed by atoms with van der Waals surface area (Å²) >= 11 is 0. The summed E-state index contributed by atoms with van der Waals surface area (Å²) in [6, 6.07) is 0.0482. The van der Waals surface area contributed by atoms with Crippen LogP contribution < -0.4 is 0 Å². The Balaban J connectivity index is 1.73. The quantitative estimate of drug-likeness (QED) is 0.827. The van der Waals surface area contributed by atoms with E-state index in [1.54, 1.807) is 17.1 Å². The number of amides is 1. The van der Waals surface area contributed by atoms with Crippen LogP contribution >= 0.6 is 0 Å². The first-order chi connectivity index (χ1) is 12.1. The molecule has 2 aromatic rings. The van der Waals surface area contributed by atoms with Gasteiger partial charge in [0, 0.05) is 31.7 Å². The summed E-state index contributed by atoms with van der Waals surface area (Å²) in [5.41, 5.74) is 3.39. The number of carbonyl (C=O) groups excluding carboxylic acids is 1. The highest BCUT2D eigenvalue weighted by molar-refractivity contribution is 5.95. The van der Waals surface area contributed by atoms with Crippen LogP contribution in [0.4, 0.5) is 0 Å². The van der Waals surface area contributed by atoms with Crippen molar-refractivity contribution in [1.82, 2.24) is 24.6 Å². The third kappa shape index (κ3) is 3.87. The molecule has 1 saturated heterocycles. The van der Waals surface area contributed by atoms with Gasteiger partial charge in [0.15, 0.2) is 0 Å². The monoisotopic (exact) mass is 343 g/mol. The molecule has 2 aromatic heterocycles. The summed E-state index contributed by atoms with van der Waals surface area (Å²) in [4.78, 5) is 23.6. The van der Waals surface area contributed by atoms with Crippen LogP contribution in [0.1, 0.15) is 40.8 Å². The van der Waals surface area contributed by atoms with Crippen LogP contribution in [-0.2, 0) is 17.7 Å². The van der Waals surface area contributed by atoms with E-state index in [0.717, 1.165) is 36.5 Å². The number of hydrogen-bond donors (Lipinski definition) is 0. The number of nitrogens with zero attached hydrogens (tertiary/aromatic N) is 5. The second kappa shape index (κ2) is 7.74. The van der Waals surface area contributed by atoms with Crippen LogP contribution in [0, 0.1) is 13.8 Å². The van der Waals surface area contributed by atoms with E-state index in [1.165, 1.54) is 0 Å². The van der Waals surface area contributed by atoms with Gasteiger partial charge in [0.2, 0.25) is 0 Å². The molecular weight excluding hydrogens is 318 g/mol. The topological polar surface area (TPSA) is 73.1 Å². The van der Waals surface area contributed by atoms with Gasteiger partial charge in [-0.1, -0.05) is 0 Å². The van der Waals surface area contributed by atoms with Gasteiger partial charge in [0.1, 0.15) is 0 Å². The first-order valence-electron chi connectivity index (χ1n) is 8.79. The summed E-state index contributed by atoms with van der Waals surface area (Å²) in [5.74, 6) is 0.0429. The first-order valence-corrected chi connectivity index (χ1v) is 8.79. The maximum absolute atomic E-state index is 13.0. The van der Waals surface area contributed by atoms with Crippen LogP contribution in [-0.4, -0.2) is 56.4 Å². The van der Waals surface area contributed by atoms with Crippen molar-refractivity contribution in [2.75, 3.05) is 19.8 Å². The number of rotatable bonds is 5. The molecule has 3 rings (SSSR count). The molecule has 7 nitrogen and oxygen atoms in total. The Morgan fingerprint density at radius 2 is 2.08 bits per heavy atom. The lowest BCUT2D eigenvalue weighted by molar-refractivity contribution is -0.00418. The highest BCUT2D eigenvalue weighted by Gasteiger charge is 2.29. The van der Waals surface area contributed by atoms with E-state index in [-0.39, 0.29) is 11.9 Å². The number of carbonyl (C=O) groups is 1. The molecule has 0 bridgehead atoms. The van der Waals surface area contributed by atoms with Gasteiger partial charge in [-0.2, -0.15) is 5.10 Å². The Labute approximate surface area is 148 Å². The number of ether oxygens (including phenoxy) is 1. The zero-order valence-electron chi connectivity index (χ0n) is 15.1. The van der Waals surface area contributed by atoms with Crippen molar-refractivity contribution in [3.05, 3.63) is 41.2 Å². The van der Waals surface area contributed by atoms with Gasteiger partial charge < -0.3 is 9.64 Å². The summed E-state index contributed by atoms with van der Waals surface area (Å²) in [6.07, 6.45) is 6.85. The predicted octanol–water partition coefficient (Wildman–Crippen LogP) is 1.78. The van der Waals surface area contributed by atoms with Crippen LogP contribution in [0.2, 0.25) is 0 Å². The smallest absolute Gasteiger partial charge is 0.257 e. The average Bonchev–Trinajstić information content (AvgIpc) is 3.01. The van der Waals surface area contributed by atoms with Crippen LogP contribution in [0.25, 0.3) is 0 Å². The Morgan fingerprint density at radius 3 is 2.80 bits per heavy atom. The normalized spacial score (nSPS) is 17.7. The van der Waals surface area contributed by atoms with Crippen molar-refractivity contribution in [3.63, 3.8) is 0 Å². The average molecular weight is 343 g/mol. The minimum atomic E-state index is 0.0429. The number of morpholine rings is 1. The van der Waals surface area contributed by atoms with Gasteiger partial charge in [-0.15, -0.1) is 0 Å². The van der Waals surface area contributed by atoms with Crippen LogP contribution in [0.15, 0.2) is 18.6 Å². The van der Waals surface area contributed by atoms with Crippen molar-refractivity contribution >= 4 is 5.91 Å². The zero-order valence-corrected chi connectivity index (χ0v) is 15.1. The third-order valence-electron chi connectivity index (χ3n) is 4.69. The molecule has 0 saturated carbocycles. The van der Waals surface area contributed by atoms with E-state index in [4.69, 9.17) is 4.74 Å². The van der Waals surface area contributed by atoms with Crippen molar-refractivity contribution in [2.24, 2.45) is 0 Å². The second-order valence-corrected chi connectivity index (χ2v) is 6.34. The second-order valence-electron chi connectivity index (χ2n) is 6.34. The first kappa shape index (κ1) is 17.5. The van der Waals surface area contributed by atoms with Gasteiger partial charge in [-0.25, -0.2) is 0 Å². The minimum absolute atomic E-state index is 0.0429. The Bertz CT molecular complexity index is 743. The Hall–Kier alpha value is -2.28. The molecule has 1 amide bonds. The van der Waals surface area contributed by atoms with E-state index >= 15 is 0 Å². The summed E-state index contributed by atoms with van der Waals surface area (Å²) in [6.45, 7) is 8.37. The minimum Gasteiger partial charge on any atom is -0.377 e. The van der Waals surface area contributed by atoms with E-state index in [9.17, 15) is 4.79 Å². The van der Waals surface area contributed by atoms with Gasteiger partial charge >= 0.3 is 0 Å². The van der Waals surface area contributed by atoms with E-state index in [1.807, 2.05) is 31.9 Å². The fourth-order valence-electron chi connectivity index (χ4n) is 3.19. The SMILES string of the molecule is CCn1cc(C(=O)N2CCOCC2CCc2nccnc2C)c(C)n1. The summed E-state index contributed by atoms with van der Waals surface area (Å²) in [5, 5.41) is 4.39. The van der Waals surface area contributed by atoms with Crippen LogP contribution in [0.5, 0.6) is 0 Å². The van der Waals surface area contributed by atoms with Crippen molar-refractivity contribution < 1.29 is 9.53 Å². The predicted molar refractivity (Wildman–Crippen MR) is 93.4 cm³/mol. The molecule has 25 heavy (non-hydrogen) atoms. The summed E-state index contributed by atoms with van der Waals surface area (Å²) < 4.78 is 7.43. The lowest BCUT2D eigenvalue weighted by atomic mass is 10.0. The Kier molecular flexibility index (Phi) is 5.43. The lowest BCUT2D eigenvalue weighted by Crippen LogP contribution is -2.49. The van der Waals surface area contributed by atoms with Gasteiger partial charge in [0.25, 0.3) is 5.91 Å². The highest BCUT2D eigenvalue weighted by Crippen LogP contribution is 2.19. The fraction of sp³-hybridized carbons (Fsp3) is 0.556. The number of hydrogen-bond acceptors (Lipinski definition) is 5. The highest BCUT2D eigenvalue weighted by atomic mass is 16.5. The standard InChI is InChI=1S/C18H25N5O2/c1-4-22-11-16(13(2)21-22)18(24)23-9-10-25-12-15(23)5-6-17-14(3)19-7-8-20-17/h7-8,11,15H,4-6,9-10,12H2,1-3H3. The third-order valence-corrected chi connectivity index (χ3v) is 4.69. The molecular formula is C18H25N5O2. The molecule has 0 aliphatic carbocycles. The fourth-order valence-corrected chi connectivity index (χ4v) is 3.19. The van der Waals surface area contributed by atoms with Crippen molar-refractivity contribution in [2.45, 2.75) is 46.2 Å². The van der Waals surface area contributed by atoms with Gasteiger partial charge in [-0.3, -0.25) is 19.4 Å². The van der Waals surface area contributed by atoms with E-state index < -0.39 is 0 Å². The lowest BCUT2D eigenvalue weighted by Gasteiger charge is -2.35. The molecule has 0 N–H and O–H groups in total. The van der Waals surface area contributed by atoms with Gasteiger partial charge in [0.05, 0.1) is 41.9 Å². The molecule has 134 valence electrons. The molecule has 1 atom stereocenters. The maximum Gasteiger partial charge on any atom is 0.257 e.